The van der Waals surface area contributed by atoms with Gasteiger partial charge in [-0.2, -0.15) is 0 Å². The van der Waals surface area contributed by atoms with E-state index in [4.69, 9.17) is 0 Å². The second-order valence-corrected chi connectivity index (χ2v) is 2.70. The molecule has 0 aromatic rings. The van der Waals surface area contributed by atoms with Crippen molar-refractivity contribution in [1.29, 1.82) is 0 Å². The van der Waals surface area contributed by atoms with Crippen LogP contribution in [0.3, 0.4) is 0 Å². The molecule has 0 saturated heterocycles. The van der Waals surface area contributed by atoms with Crippen molar-refractivity contribution in [2.75, 3.05) is 13.6 Å². The summed E-state index contributed by atoms with van der Waals surface area (Å²) in [6.07, 6.45) is 7.34. The zero-order valence-corrected chi connectivity index (χ0v) is 6.62. The maximum atomic E-state index is 4.18. The van der Waals surface area contributed by atoms with Gasteiger partial charge in [-0.15, -0.1) is 0 Å². The molecule has 1 heterocycles. The molecule has 0 N–H and O–H groups in total. The fourth-order valence-electron chi connectivity index (χ4n) is 0.885. The SMILES string of the molecule is CC1CC=CCN=CN1C. The summed E-state index contributed by atoms with van der Waals surface area (Å²) < 4.78 is 0. The van der Waals surface area contributed by atoms with Gasteiger partial charge in [-0.1, -0.05) is 12.2 Å². The standard InChI is InChI=1S/C8H14N2/c1-8-5-3-4-6-9-7-10(8)2/h3-4,7-8H,5-6H2,1-2H3. The second kappa shape index (κ2) is 3.40. The molecule has 10 heavy (non-hydrogen) atoms. The van der Waals surface area contributed by atoms with Gasteiger partial charge in [0.15, 0.2) is 0 Å². The molecule has 2 nitrogen and oxygen atoms in total. The Labute approximate surface area is 62.3 Å². The highest BCUT2D eigenvalue weighted by atomic mass is 15.1. The lowest BCUT2D eigenvalue weighted by molar-refractivity contribution is 0.401. The van der Waals surface area contributed by atoms with Gasteiger partial charge >= 0.3 is 0 Å². The maximum absolute atomic E-state index is 4.18. The van der Waals surface area contributed by atoms with E-state index < -0.39 is 0 Å². The van der Waals surface area contributed by atoms with Crippen LogP contribution < -0.4 is 0 Å². The third-order valence-corrected chi connectivity index (χ3v) is 1.81. The first-order valence-corrected chi connectivity index (χ1v) is 3.67. The van der Waals surface area contributed by atoms with E-state index in [-0.39, 0.29) is 0 Å². The monoisotopic (exact) mass is 138 g/mol. The van der Waals surface area contributed by atoms with Gasteiger partial charge in [0.25, 0.3) is 0 Å². The van der Waals surface area contributed by atoms with Crippen LogP contribution in [-0.2, 0) is 0 Å². The minimum absolute atomic E-state index is 0.584. The van der Waals surface area contributed by atoms with Gasteiger partial charge in [-0.25, -0.2) is 0 Å². The molecule has 2 heteroatoms. The lowest BCUT2D eigenvalue weighted by atomic mass is 10.2. The Morgan fingerprint density at radius 1 is 1.50 bits per heavy atom. The molecule has 0 saturated carbocycles. The molecule has 1 aliphatic heterocycles. The number of hydrogen-bond acceptors (Lipinski definition) is 2. The third kappa shape index (κ3) is 1.87. The zero-order chi connectivity index (χ0) is 7.40. The quantitative estimate of drug-likeness (QED) is 0.461. The van der Waals surface area contributed by atoms with Crippen LogP contribution in [-0.4, -0.2) is 30.9 Å². The number of rotatable bonds is 0. The topological polar surface area (TPSA) is 15.6 Å². The highest BCUT2D eigenvalue weighted by Gasteiger charge is 2.03. The summed E-state index contributed by atoms with van der Waals surface area (Å²) >= 11 is 0. The van der Waals surface area contributed by atoms with Crippen molar-refractivity contribution in [2.45, 2.75) is 19.4 Å². The van der Waals surface area contributed by atoms with E-state index in [1.807, 2.05) is 6.34 Å². The minimum atomic E-state index is 0.584. The molecule has 0 aromatic carbocycles. The molecule has 0 spiro atoms. The van der Waals surface area contributed by atoms with Crippen molar-refractivity contribution >= 4 is 6.34 Å². The van der Waals surface area contributed by atoms with E-state index in [1.165, 1.54) is 0 Å². The number of nitrogens with zero attached hydrogens (tertiary/aromatic N) is 2. The van der Waals surface area contributed by atoms with Crippen LogP contribution >= 0.6 is 0 Å². The molecular formula is C8H14N2. The summed E-state index contributed by atoms with van der Waals surface area (Å²) in [6, 6.07) is 0.584. The van der Waals surface area contributed by atoms with Gasteiger partial charge in [0, 0.05) is 13.1 Å². The van der Waals surface area contributed by atoms with Crippen LogP contribution in [0.15, 0.2) is 17.1 Å². The predicted octanol–water partition coefficient (Wildman–Crippen LogP) is 1.29. The second-order valence-electron chi connectivity index (χ2n) is 2.70. The molecule has 1 atom stereocenters. The Morgan fingerprint density at radius 2 is 2.30 bits per heavy atom. The lowest BCUT2D eigenvalue weighted by Gasteiger charge is -2.21. The van der Waals surface area contributed by atoms with Crippen LogP contribution in [0, 0.1) is 0 Å². The Balaban J connectivity index is 2.54. The molecule has 1 unspecified atom stereocenters. The van der Waals surface area contributed by atoms with E-state index in [9.17, 15) is 0 Å². The van der Waals surface area contributed by atoms with Crippen molar-refractivity contribution in [2.24, 2.45) is 4.99 Å². The Hall–Kier alpha value is -0.790. The number of aliphatic imine (C=N–C) groups is 1. The summed E-state index contributed by atoms with van der Waals surface area (Å²) in [4.78, 5) is 6.32. The average Bonchev–Trinajstić information content (AvgIpc) is 1.92. The molecule has 0 bridgehead atoms. The molecule has 0 aromatic heterocycles. The normalized spacial score (nSPS) is 26.2. The fraction of sp³-hybridized carbons (Fsp3) is 0.625. The van der Waals surface area contributed by atoms with Gasteiger partial charge in [0.2, 0.25) is 0 Å². The Kier molecular flexibility index (Phi) is 2.49. The van der Waals surface area contributed by atoms with Gasteiger partial charge in [-0.3, -0.25) is 4.99 Å². The van der Waals surface area contributed by atoms with Gasteiger partial charge < -0.3 is 4.90 Å². The molecule has 0 radical (unpaired) electrons. The fourth-order valence-corrected chi connectivity index (χ4v) is 0.885. The van der Waals surface area contributed by atoms with Gasteiger partial charge in [0.05, 0.1) is 12.9 Å². The summed E-state index contributed by atoms with van der Waals surface area (Å²) in [5.74, 6) is 0. The van der Waals surface area contributed by atoms with Crippen LogP contribution in [0.2, 0.25) is 0 Å². The van der Waals surface area contributed by atoms with Crippen LogP contribution in [0.1, 0.15) is 13.3 Å². The van der Waals surface area contributed by atoms with E-state index in [1.54, 1.807) is 0 Å². The first-order chi connectivity index (χ1) is 4.80. The largest absolute Gasteiger partial charge is 0.363 e. The average molecular weight is 138 g/mol. The van der Waals surface area contributed by atoms with Crippen molar-refractivity contribution < 1.29 is 0 Å². The Bertz CT molecular complexity index is 149. The van der Waals surface area contributed by atoms with Crippen molar-refractivity contribution in [3.8, 4) is 0 Å². The van der Waals surface area contributed by atoms with E-state index in [0.29, 0.717) is 6.04 Å². The van der Waals surface area contributed by atoms with Gasteiger partial charge in [-0.05, 0) is 13.3 Å². The predicted molar refractivity (Wildman–Crippen MR) is 44.3 cm³/mol. The Morgan fingerprint density at radius 3 is 3.10 bits per heavy atom. The van der Waals surface area contributed by atoms with Crippen molar-refractivity contribution in [1.82, 2.24) is 4.90 Å². The molecule has 1 aliphatic rings. The number of hydrogen-bond donors (Lipinski definition) is 0. The summed E-state index contributed by atoms with van der Waals surface area (Å²) in [5.41, 5.74) is 0. The summed E-state index contributed by atoms with van der Waals surface area (Å²) in [6.45, 7) is 3.03. The molecule has 0 aliphatic carbocycles. The molecule has 56 valence electrons. The lowest BCUT2D eigenvalue weighted by Crippen LogP contribution is -2.27. The smallest absolute Gasteiger partial charge is 0.0853 e. The highest BCUT2D eigenvalue weighted by molar-refractivity contribution is 5.55. The van der Waals surface area contributed by atoms with Gasteiger partial charge in [0.1, 0.15) is 0 Å². The third-order valence-electron chi connectivity index (χ3n) is 1.81. The van der Waals surface area contributed by atoms with E-state index in [0.717, 1.165) is 13.0 Å². The van der Waals surface area contributed by atoms with Crippen LogP contribution in [0.25, 0.3) is 0 Å². The first-order valence-electron chi connectivity index (χ1n) is 3.67. The summed E-state index contributed by atoms with van der Waals surface area (Å²) in [5, 5.41) is 0. The molecule has 1 rings (SSSR count). The molecule has 0 amide bonds. The summed E-state index contributed by atoms with van der Waals surface area (Å²) in [7, 11) is 2.06. The minimum Gasteiger partial charge on any atom is -0.363 e. The van der Waals surface area contributed by atoms with E-state index >= 15 is 0 Å². The van der Waals surface area contributed by atoms with Crippen LogP contribution in [0.4, 0.5) is 0 Å². The van der Waals surface area contributed by atoms with Crippen molar-refractivity contribution in [3.63, 3.8) is 0 Å². The maximum Gasteiger partial charge on any atom is 0.0853 e. The van der Waals surface area contributed by atoms with Crippen molar-refractivity contribution in [3.05, 3.63) is 12.2 Å². The van der Waals surface area contributed by atoms with Crippen LogP contribution in [0.5, 0.6) is 0 Å². The zero-order valence-electron chi connectivity index (χ0n) is 6.62. The highest BCUT2D eigenvalue weighted by Crippen LogP contribution is 2.01. The molecule has 0 fully saturated rings. The van der Waals surface area contributed by atoms with E-state index in [2.05, 4.69) is 36.0 Å². The first kappa shape index (κ1) is 7.32. The molecular weight excluding hydrogens is 124 g/mol.